The molecule has 0 spiro atoms. The molecule has 0 fully saturated rings. The standard InChI is InChI=1S/C60H53NO2/c1-2-10-40(11-3-1)43-28-34-48(35-29-43)61(49-36-30-44(31-37-49)41-20-24-46(25-21-41)51-14-8-16-55-53-12-4-6-18-57(53)62-59(51)55)50-38-32-45(33-39-50)42-22-26-47(27-23-42)52-15-9-17-56-54-13-5-7-19-58(54)63-60(52)56/h1-6,8-10,12-18,20-22,24-27,30,32-34,36-40,42-44,54,58H,7,11,19,23,28-29,31,35H2/t40?,42?,43?,44?,54-,58?/m0/s1. The summed E-state index contributed by atoms with van der Waals surface area (Å²) >= 11 is 0. The van der Waals surface area contributed by atoms with Crippen molar-refractivity contribution in [2.75, 3.05) is 4.90 Å². The summed E-state index contributed by atoms with van der Waals surface area (Å²) in [6, 6.07) is 40.1. The van der Waals surface area contributed by atoms with Crippen molar-refractivity contribution in [1.29, 1.82) is 0 Å². The Morgan fingerprint density at radius 2 is 1.38 bits per heavy atom. The van der Waals surface area contributed by atoms with Gasteiger partial charge in [0.2, 0.25) is 0 Å². The van der Waals surface area contributed by atoms with E-state index < -0.39 is 0 Å². The van der Waals surface area contributed by atoms with E-state index in [4.69, 9.17) is 9.15 Å². The monoisotopic (exact) mass is 819 g/mol. The maximum Gasteiger partial charge on any atom is 0.143 e. The fraction of sp³-hybridized carbons (Fsp3) is 0.233. The van der Waals surface area contributed by atoms with E-state index in [9.17, 15) is 0 Å². The van der Waals surface area contributed by atoms with Crippen LogP contribution >= 0.6 is 0 Å². The molecule has 0 saturated carbocycles. The maximum atomic E-state index is 6.59. The molecule has 12 rings (SSSR count). The van der Waals surface area contributed by atoms with E-state index >= 15 is 0 Å². The maximum absolute atomic E-state index is 6.59. The molecule has 6 atom stereocenters. The number of benzene rings is 5. The minimum absolute atomic E-state index is 0.276. The van der Waals surface area contributed by atoms with Crippen molar-refractivity contribution < 1.29 is 9.15 Å². The summed E-state index contributed by atoms with van der Waals surface area (Å²) in [4.78, 5) is 2.55. The van der Waals surface area contributed by atoms with Gasteiger partial charge in [0.05, 0.1) is 0 Å². The highest BCUT2D eigenvalue weighted by Gasteiger charge is 2.36. The predicted octanol–water partition coefficient (Wildman–Crippen LogP) is 15.8. The lowest BCUT2D eigenvalue weighted by Crippen LogP contribution is -2.26. The Bertz CT molecular complexity index is 2960. The van der Waals surface area contributed by atoms with E-state index in [0.29, 0.717) is 29.6 Å². The molecule has 6 aliphatic rings. The van der Waals surface area contributed by atoms with E-state index in [1.165, 1.54) is 67.7 Å². The summed E-state index contributed by atoms with van der Waals surface area (Å²) in [7, 11) is 0. The molecule has 0 bridgehead atoms. The summed E-state index contributed by atoms with van der Waals surface area (Å²) in [5.41, 5.74) is 14.7. The Hall–Kier alpha value is -6.58. The van der Waals surface area contributed by atoms with Gasteiger partial charge in [0.15, 0.2) is 0 Å². The van der Waals surface area contributed by atoms with Crippen molar-refractivity contribution in [3.63, 3.8) is 0 Å². The minimum Gasteiger partial charge on any atom is -0.488 e. The number of allylic oxidation sites excluding steroid dienone is 14. The zero-order chi connectivity index (χ0) is 41.7. The summed E-state index contributed by atoms with van der Waals surface area (Å²) in [6.07, 6.45) is 39.8. The van der Waals surface area contributed by atoms with Crippen molar-refractivity contribution in [1.82, 2.24) is 0 Å². The second-order valence-electron chi connectivity index (χ2n) is 18.4. The fourth-order valence-corrected chi connectivity index (χ4v) is 11.3. The highest BCUT2D eigenvalue weighted by molar-refractivity contribution is 6.09. The van der Waals surface area contributed by atoms with Crippen LogP contribution in [0.3, 0.4) is 0 Å². The van der Waals surface area contributed by atoms with Gasteiger partial charge in [-0.25, -0.2) is 0 Å². The van der Waals surface area contributed by atoms with Crippen molar-refractivity contribution >= 4 is 33.2 Å². The number of ether oxygens (including phenoxy) is 1. The molecule has 1 aliphatic heterocycles. The van der Waals surface area contributed by atoms with E-state index in [1.807, 2.05) is 6.07 Å². The van der Waals surface area contributed by atoms with Gasteiger partial charge < -0.3 is 14.1 Å². The Labute approximate surface area is 371 Å². The van der Waals surface area contributed by atoms with Gasteiger partial charge in [0, 0.05) is 62.3 Å². The summed E-state index contributed by atoms with van der Waals surface area (Å²) < 4.78 is 13.0. The average molecular weight is 820 g/mol. The summed E-state index contributed by atoms with van der Waals surface area (Å²) in [6.45, 7) is 0. The summed E-state index contributed by atoms with van der Waals surface area (Å²) in [5, 5.41) is 2.33. The molecular weight excluding hydrogens is 767 g/mol. The van der Waals surface area contributed by atoms with Gasteiger partial charge in [0.1, 0.15) is 23.0 Å². The molecule has 5 aromatic carbocycles. The first-order valence-electron chi connectivity index (χ1n) is 23.4. The van der Waals surface area contributed by atoms with Gasteiger partial charge in [-0.15, -0.1) is 0 Å². The van der Waals surface area contributed by atoms with Gasteiger partial charge in [-0.3, -0.25) is 0 Å². The molecular formula is C60H53NO2. The third-order valence-corrected chi connectivity index (χ3v) is 14.8. The first-order valence-corrected chi connectivity index (χ1v) is 23.4. The van der Waals surface area contributed by atoms with Crippen molar-refractivity contribution in [2.45, 2.75) is 75.2 Å². The molecule has 0 radical (unpaired) electrons. The second-order valence-corrected chi connectivity index (χ2v) is 18.4. The lowest BCUT2D eigenvalue weighted by Gasteiger charge is -2.36. The number of fused-ring (bicyclic) bond motifs is 6. The number of para-hydroxylation sites is 3. The van der Waals surface area contributed by atoms with Crippen LogP contribution in [0.1, 0.15) is 91.4 Å². The van der Waals surface area contributed by atoms with E-state index in [2.05, 4.69) is 187 Å². The molecule has 0 amide bonds. The van der Waals surface area contributed by atoms with Crippen LogP contribution in [0.25, 0.3) is 38.6 Å². The molecule has 5 unspecified atom stereocenters. The van der Waals surface area contributed by atoms with Gasteiger partial charge in [0.25, 0.3) is 0 Å². The third-order valence-electron chi connectivity index (χ3n) is 14.8. The van der Waals surface area contributed by atoms with Crippen LogP contribution in [0.2, 0.25) is 0 Å². The van der Waals surface area contributed by atoms with Gasteiger partial charge in [-0.05, 0) is 110 Å². The van der Waals surface area contributed by atoms with Crippen LogP contribution in [0.15, 0.2) is 204 Å². The van der Waals surface area contributed by atoms with Gasteiger partial charge in [-0.1, -0.05) is 164 Å². The van der Waals surface area contributed by atoms with Crippen LogP contribution in [-0.2, 0) is 0 Å². The number of furan rings is 1. The van der Waals surface area contributed by atoms with E-state index in [1.54, 1.807) is 0 Å². The normalized spacial score (nSPS) is 24.7. The molecule has 310 valence electrons. The van der Waals surface area contributed by atoms with Crippen molar-refractivity contribution in [3.05, 3.63) is 222 Å². The Morgan fingerprint density at radius 3 is 2.16 bits per heavy atom. The number of rotatable bonds is 8. The molecule has 1 aromatic heterocycles. The van der Waals surface area contributed by atoms with Gasteiger partial charge in [-0.2, -0.15) is 0 Å². The molecule has 6 aromatic rings. The average Bonchev–Trinajstić information content (AvgIpc) is 3.94. The minimum atomic E-state index is 0.276. The third kappa shape index (κ3) is 7.08. The van der Waals surface area contributed by atoms with Crippen LogP contribution in [0, 0.1) is 11.8 Å². The van der Waals surface area contributed by atoms with Crippen LogP contribution in [0.5, 0.6) is 5.75 Å². The van der Waals surface area contributed by atoms with Crippen LogP contribution in [0.4, 0.5) is 5.69 Å². The lowest BCUT2D eigenvalue weighted by atomic mass is 9.78. The number of nitrogens with zero attached hydrogens (tertiary/aromatic N) is 1. The smallest absolute Gasteiger partial charge is 0.143 e. The topological polar surface area (TPSA) is 25.6 Å². The molecule has 5 aliphatic carbocycles. The predicted molar refractivity (Wildman–Crippen MR) is 261 cm³/mol. The lowest BCUT2D eigenvalue weighted by molar-refractivity contribution is 0.204. The Balaban J connectivity index is 0.779. The largest absolute Gasteiger partial charge is 0.488 e. The first-order chi connectivity index (χ1) is 31.2. The van der Waals surface area contributed by atoms with E-state index in [0.717, 1.165) is 67.4 Å². The number of anilines is 1. The fourth-order valence-electron chi connectivity index (χ4n) is 11.3. The Morgan fingerprint density at radius 1 is 0.587 bits per heavy atom. The van der Waals surface area contributed by atoms with E-state index in [-0.39, 0.29) is 6.10 Å². The Kier molecular flexibility index (Phi) is 9.85. The zero-order valence-corrected chi connectivity index (χ0v) is 35.8. The number of hydrogen-bond donors (Lipinski definition) is 0. The van der Waals surface area contributed by atoms with Gasteiger partial charge >= 0.3 is 0 Å². The molecule has 63 heavy (non-hydrogen) atoms. The number of hydrogen-bond acceptors (Lipinski definition) is 3. The van der Waals surface area contributed by atoms with Crippen molar-refractivity contribution in [2.24, 2.45) is 11.8 Å². The summed E-state index contributed by atoms with van der Waals surface area (Å²) in [5.74, 6) is 3.49. The molecule has 3 nitrogen and oxygen atoms in total. The quantitative estimate of drug-likeness (QED) is 0.143. The highest BCUT2D eigenvalue weighted by Crippen LogP contribution is 2.48. The van der Waals surface area contributed by atoms with Crippen molar-refractivity contribution in [3.8, 4) is 16.9 Å². The van der Waals surface area contributed by atoms with Crippen LogP contribution in [-0.4, -0.2) is 6.10 Å². The molecule has 3 heteroatoms. The second kappa shape index (κ2) is 16.3. The molecule has 2 heterocycles. The van der Waals surface area contributed by atoms with Crippen LogP contribution < -0.4 is 9.64 Å². The first kappa shape index (κ1) is 38.1. The zero-order valence-electron chi connectivity index (χ0n) is 35.8. The highest BCUT2D eigenvalue weighted by atomic mass is 16.5. The molecule has 0 saturated heterocycles. The molecule has 0 N–H and O–H groups in total. The SMILES string of the molecule is C1=CCC(C2CC=C(N(C3=CCC(c4ccc(-c5cccc6c5oc5ccccc56)cc4)C=C3)c3ccc(C4C=CC(c5cccc6c5OC5CCC=C[C@@H]65)=CC4)cc3)CC2)C=C1.